The number of nitrogens with one attached hydrogen (secondary N) is 2. The highest BCUT2D eigenvalue weighted by Crippen LogP contribution is 2.33. The smallest absolute Gasteiger partial charge is 0.307 e. The molecular weight excluding hydrogens is 502 g/mol. The van der Waals surface area contributed by atoms with Crippen LogP contribution in [-0.2, 0) is 4.79 Å². The van der Waals surface area contributed by atoms with E-state index in [-0.39, 0.29) is 18.3 Å². The number of anilines is 1. The molecule has 4 rings (SSSR count). The van der Waals surface area contributed by atoms with E-state index in [1.54, 1.807) is 36.4 Å². The summed E-state index contributed by atoms with van der Waals surface area (Å²) in [6, 6.07) is 21.4. The average molecular weight is 522 g/mol. The van der Waals surface area contributed by atoms with Crippen molar-refractivity contribution in [1.82, 2.24) is 5.43 Å². The van der Waals surface area contributed by atoms with E-state index in [1.807, 2.05) is 36.4 Å². The van der Waals surface area contributed by atoms with Gasteiger partial charge in [-0.2, -0.15) is 5.10 Å². The minimum absolute atomic E-state index is 0.160. The molecule has 0 aliphatic rings. The Morgan fingerprint density at radius 3 is 2.56 bits per heavy atom. The Morgan fingerprint density at radius 1 is 1.03 bits per heavy atom. The zero-order valence-electron chi connectivity index (χ0n) is 18.1. The molecule has 0 unspecified atom stereocenters. The molecule has 0 saturated heterocycles. The number of hydrazone groups is 1. The van der Waals surface area contributed by atoms with Gasteiger partial charge in [-0.25, -0.2) is 5.43 Å². The maximum Gasteiger partial charge on any atom is 0.307 e. The summed E-state index contributed by atoms with van der Waals surface area (Å²) in [5.74, 6) is 0.164. The monoisotopic (exact) mass is 521 g/mol. The van der Waals surface area contributed by atoms with Crippen molar-refractivity contribution >= 4 is 50.6 Å². The maximum atomic E-state index is 12.3. The number of halogens is 1. The van der Waals surface area contributed by atoms with Gasteiger partial charge in [0.15, 0.2) is 23.9 Å². The highest BCUT2D eigenvalue weighted by molar-refractivity contribution is 9.10. The molecule has 0 aliphatic carbocycles. The fourth-order valence-corrected chi connectivity index (χ4v) is 3.52. The van der Waals surface area contributed by atoms with E-state index in [1.165, 1.54) is 13.3 Å². The molecule has 0 bridgehead atoms. The number of hydrogen-bond donors (Lipinski definition) is 2. The molecule has 34 heavy (non-hydrogen) atoms. The summed E-state index contributed by atoms with van der Waals surface area (Å²) < 4.78 is 17.2. The quantitative estimate of drug-likeness (QED) is 0.251. The van der Waals surface area contributed by atoms with E-state index in [2.05, 4.69) is 31.8 Å². The van der Waals surface area contributed by atoms with Crippen molar-refractivity contribution < 1.29 is 23.5 Å². The fourth-order valence-electron chi connectivity index (χ4n) is 3.09. The first kappa shape index (κ1) is 23.1. The van der Waals surface area contributed by atoms with E-state index in [0.29, 0.717) is 32.8 Å². The minimum atomic E-state index is -0.472. The SMILES string of the molecule is COc1cc(/C=N/NC(=O)c2cc3ccccc3o2)c(Br)cc1OCC(=O)Nc1ccccc1. The Morgan fingerprint density at radius 2 is 1.79 bits per heavy atom. The Hall–Kier alpha value is -4.11. The van der Waals surface area contributed by atoms with Crippen LogP contribution in [0.4, 0.5) is 5.69 Å². The maximum absolute atomic E-state index is 12.3. The average Bonchev–Trinajstić information content (AvgIpc) is 3.29. The summed E-state index contributed by atoms with van der Waals surface area (Å²) in [6.45, 7) is -0.196. The highest BCUT2D eigenvalue weighted by Gasteiger charge is 2.13. The van der Waals surface area contributed by atoms with E-state index in [4.69, 9.17) is 13.9 Å². The van der Waals surface area contributed by atoms with Gasteiger partial charge in [-0.3, -0.25) is 9.59 Å². The van der Waals surface area contributed by atoms with Crippen molar-refractivity contribution in [2.24, 2.45) is 5.10 Å². The molecule has 0 fully saturated rings. The van der Waals surface area contributed by atoms with Crippen LogP contribution >= 0.6 is 15.9 Å². The molecule has 8 nitrogen and oxygen atoms in total. The number of fused-ring (bicyclic) bond motifs is 1. The molecule has 1 heterocycles. The minimum Gasteiger partial charge on any atom is -0.493 e. The lowest BCUT2D eigenvalue weighted by Gasteiger charge is -2.12. The van der Waals surface area contributed by atoms with E-state index >= 15 is 0 Å². The highest BCUT2D eigenvalue weighted by atomic mass is 79.9. The van der Waals surface area contributed by atoms with Gasteiger partial charge in [0.05, 0.1) is 13.3 Å². The molecule has 0 aliphatic heterocycles. The second kappa shape index (κ2) is 10.7. The summed E-state index contributed by atoms with van der Waals surface area (Å²) in [4.78, 5) is 24.5. The first-order valence-electron chi connectivity index (χ1n) is 10.2. The zero-order chi connectivity index (χ0) is 23.9. The molecule has 0 spiro atoms. The van der Waals surface area contributed by atoms with Gasteiger partial charge in [0.25, 0.3) is 5.91 Å². The van der Waals surface area contributed by atoms with Gasteiger partial charge < -0.3 is 19.2 Å². The number of nitrogens with zero attached hydrogens (tertiary/aromatic N) is 1. The van der Waals surface area contributed by atoms with Gasteiger partial charge in [0.2, 0.25) is 0 Å². The van der Waals surface area contributed by atoms with Crippen LogP contribution < -0.4 is 20.2 Å². The largest absolute Gasteiger partial charge is 0.493 e. The van der Waals surface area contributed by atoms with E-state index in [9.17, 15) is 9.59 Å². The van der Waals surface area contributed by atoms with Crippen molar-refractivity contribution in [3.05, 3.63) is 88.6 Å². The second-order valence-electron chi connectivity index (χ2n) is 7.08. The Bertz CT molecular complexity index is 1320. The van der Waals surface area contributed by atoms with Crippen molar-refractivity contribution in [2.45, 2.75) is 0 Å². The number of ether oxygens (including phenoxy) is 2. The van der Waals surface area contributed by atoms with Crippen molar-refractivity contribution in [3.63, 3.8) is 0 Å². The molecule has 9 heteroatoms. The first-order valence-corrected chi connectivity index (χ1v) is 11.0. The third kappa shape index (κ3) is 5.62. The predicted molar refractivity (Wildman–Crippen MR) is 133 cm³/mol. The number of carbonyl (C=O) groups excluding carboxylic acids is 2. The van der Waals surface area contributed by atoms with Crippen LogP contribution in [0, 0.1) is 0 Å². The Kier molecular flexibility index (Phi) is 7.24. The number of methoxy groups -OCH3 is 1. The van der Waals surface area contributed by atoms with E-state index < -0.39 is 5.91 Å². The second-order valence-corrected chi connectivity index (χ2v) is 7.93. The number of furan rings is 1. The summed E-state index contributed by atoms with van der Waals surface area (Å²) in [7, 11) is 1.49. The topological polar surface area (TPSA) is 102 Å². The van der Waals surface area contributed by atoms with Crippen molar-refractivity contribution in [2.75, 3.05) is 19.0 Å². The molecule has 172 valence electrons. The number of carbonyl (C=O) groups is 2. The fraction of sp³-hybridized carbons (Fsp3) is 0.0800. The van der Waals surface area contributed by atoms with Gasteiger partial charge in [-0.15, -0.1) is 0 Å². The van der Waals surface area contributed by atoms with Crippen LogP contribution in [0.15, 0.2) is 86.8 Å². The summed E-state index contributed by atoms with van der Waals surface area (Å²) in [6.07, 6.45) is 1.46. The molecule has 2 amide bonds. The molecular formula is C25H20BrN3O5. The van der Waals surface area contributed by atoms with Gasteiger partial charge >= 0.3 is 5.91 Å². The number of amides is 2. The van der Waals surface area contributed by atoms with Crippen LogP contribution in [0.3, 0.4) is 0 Å². The molecule has 0 atom stereocenters. The Balaban J connectivity index is 1.39. The summed E-state index contributed by atoms with van der Waals surface area (Å²) >= 11 is 3.45. The summed E-state index contributed by atoms with van der Waals surface area (Å²) in [5, 5.41) is 7.58. The van der Waals surface area contributed by atoms with Crippen LogP contribution in [0.2, 0.25) is 0 Å². The molecule has 0 saturated carbocycles. The standard InChI is InChI=1S/C25H20BrN3O5/c1-32-21-12-17(14-27-29-25(31)23-11-16-7-5-6-10-20(16)34-23)19(26)13-22(21)33-15-24(30)28-18-8-3-2-4-9-18/h2-14H,15H2,1H3,(H,28,30)(H,29,31)/b27-14+. The number of para-hydroxylation sites is 2. The molecule has 2 N–H and O–H groups in total. The van der Waals surface area contributed by atoms with Crippen molar-refractivity contribution in [1.29, 1.82) is 0 Å². The predicted octanol–water partition coefficient (Wildman–Crippen LogP) is 4.99. The van der Waals surface area contributed by atoms with Crippen LogP contribution in [0.1, 0.15) is 16.1 Å². The lowest BCUT2D eigenvalue weighted by atomic mass is 10.2. The zero-order valence-corrected chi connectivity index (χ0v) is 19.7. The summed E-state index contributed by atoms with van der Waals surface area (Å²) in [5.41, 5.74) is 4.37. The first-order chi connectivity index (χ1) is 16.5. The van der Waals surface area contributed by atoms with Gasteiger partial charge in [-0.1, -0.05) is 36.4 Å². The number of benzene rings is 3. The lowest BCUT2D eigenvalue weighted by molar-refractivity contribution is -0.118. The van der Waals surface area contributed by atoms with E-state index in [0.717, 1.165) is 5.39 Å². The normalized spacial score (nSPS) is 10.9. The van der Waals surface area contributed by atoms with Crippen LogP contribution in [0.5, 0.6) is 11.5 Å². The lowest BCUT2D eigenvalue weighted by Crippen LogP contribution is -2.20. The number of hydrogen-bond acceptors (Lipinski definition) is 6. The molecule has 0 radical (unpaired) electrons. The molecule has 1 aromatic heterocycles. The van der Waals surface area contributed by atoms with Gasteiger partial charge in [0.1, 0.15) is 5.58 Å². The van der Waals surface area contributed by atoms with Crippen molar-refractivity contribution in [3.8, 4) is 11.5 Å². The van der Waals surface area contributed by atoms with Gasteiger partial charge in [0, 0.05) is 21.1 Å². The molecule has 3 aromatic carbocycles. The Labute approximate surface area is 203 Å². The number of rotatable bonds is 8. The third-order valence-electron chi connectivity index (χ3n) is 4.72. The van der Waals surface area contributed by atoms with Crippen LogP contribution in [0.25, 0.3) is 11.0 Å². The van der Waals surface area contributed by atoms with Crippen LogP contribution in [-0.4, -0.2) is 31.7 Å². The van der Waals surface area contributed by atoms with Gasteiger partial charge in [-0.05, 0) is 52.3 Å². The molecule has 4 aromatic rings. The third-order valence-corrected chi connectivity index (χ3v) is 5.41.